The maximum absolute atomic E-state index is 12.7. The van der Waals surface area contributed by atoms with Gasteiger partial charge in [-0.3, -0.25) is 4.79 Å². The third kappa shape index (κ3) is 2.77. The molecule has 2 N–H and O–H groups in total. The molecule has 1 amide bonds. The van der Waals surface area contributed by atoms with Gasteiger partial charge in [0.15, 0.2) is 0 Å². The van der Waals surface area contributed by atoms with E-state index in [0.717, 1.165) is 10.0 Å². The molecule has 5 heteroatoms. The molecule has 0 unspecified atom stereocenters. The average Bonchev–Trinajstić information content (AvgIpc) is 2.32. The molecular formula is C14H19BrN2O2. The average molecular weight is 327 g/mol. The number of anilines is 1. The van der Waals surface area contributed by atoms with Gasteiger partial charge in [-0.15, -0.1) is 0 Å². The van der Waals surface area contributed by atoms with E-state index in [1.54, 1.807) is 0 Å². The molecule has 1 aromatic rings. The second-order valence-corrected chi connectivity index (χ2v) is 6.41. The van der Waals surface area contributed by atoms with E-state index in [4.69, 9.17) is 10.5 Å². The van der Waals surface area contributed by atoms with Gasteiger partial charge in [0.05, 0.1) is 18.8 Å². The topological polar surface area (TPSA) is 55.6 Å². The molecule has 1 saturated heterocycles. The van der Waals surface area contributed by atoms with Crippen LogP contribution in [0.4, 0.5) is 5.69 Å². The molecule has 0 atom stereocenters. The number of nitrogen functional groups attached to an aromatic ring is 1. The molecule has 0 spiro atoms. The van der Waals surface area contributed by atoms with Crippen molar-refractivity contribution in [3.05, 3.63) is 27.7 Å². The van der Waals surface area contributed by atoms with Crippen molar-refractivity contribution in [2.45, 2.75) is 26.3 Å². The number of nitrogens with zero attached hydrogens (tertiary/aromatic N) is 1. The summed E-state index contributed by atoms with van der Waals surface area (Å²) in [5.41, 5.74) is 7.75. The standard InChI is InChI=1S/C14H19BrN2O2/c1-9-11(6-10(15)7-12(9)16)13(18)17-4-5-19-8-14(17,2)3/h6-7H,4-5,8,16H2,1-3H3. The van der Waals surface area contributed by atoms with Gasteiger partial charge in [0.1, 0.15) is 0 Å². The van der Waals surface area contributed by atoms with Crippen LogP contribution in [0.1, 0.15) is 29.8 Å². The Kier molecular flexibility index (Phi) is 3.87. The van der Waals surface area contributed by atoms with Gasteiger partial charge in [0.25, 0.3) is 5.91 Å². The number of hydrogen-bond donors (Lipinski definition) is 1. The fourth-order valence-corrected chi connectivity index (χ4v) is 2.78. The van der Waals surface area contributed by atoms with Gasteiger partial charge < -0.3 is 15.4 Å². The second kappa shape index (κ2) is 5.13. The van der Waals surface area contributed by atoms with Crippen LogP contribution in [0.5, 0.6) is 0 Å². The van der Waals surface area contributed by atoms with Crippen LogP contribution in [0, 0.1) is 6.92 Å². The van der Waals surface area contributed by atoms with Gasteiger partial charge in [-0.2, -0.15) is 0 Å². The van der Waals surface area contributed by atoms with E-state index >= 15 is 0 Å². The molecule has 19 heavy (non-hydrogen) atoms. The van der Waals surface area contributed by atoms with E-state index in [0.29, 0.717) is 31.0 Å². The van der Waals surface area contributed by atoms with E-state index in [1.165, 1.54) is 0 Å². The summed E-state index contributed by atoms with van der Waals surface area (Å²) in [6, 6.07) is 3.65. The maximum atomic E-state index is 12.7. The highest BCUT2D eigenvalue weighted by atomic mass is 79.9. The molecule has 0 bridgehead atoms. The Morgan fingerprint density at radius 1 is 1.47 bits per heavy atom. The predicted molar refractivity (Wildman–Crippen MR) is 79.2 cm³/mol. The number of benzene rings is 1. The quantitative estimate of drug-likeness (QED) is 0.807. The number of nitrogens with two attached hydrogens (primary N) is 1. The Morgan fingerprint density at radius 2 is 2.16 bits per heavy atom. The fraction of sp³-hybridized carbons (Fsp3) is 0.500. The molecule has 1 fully saturated rings. The van der Waals surface area contributed by atoms with Crippen molar-refractivity contribution in [3.8, 4) is 0 Å². The summed E-state index contributed by atoms with van der Waals surface area (Å²) in [6.45, 7) is 7.65. The first kappa shape index (κ1) is 14.3. The summed E-state index contributed by atoms with van der Waals surface area (Å²) < 4.78 is 6.27. The van der Waals surface area contributed by atoms with Gasteiger partial charge in [-0.05, 0) is 38.5 Å². The molecule has 104 valence electrons. The summed E-state index contributed by atoms with van der Waals surface area (Å²) in [5, 5.41) is 0. The van der Waals surface area contributed by atoms with Crippen molar-refractivity contribution in [3.63, 3.8) is 0 Å². The molecule has 2 rings (SSSR count). The molecule has 4 nitrogen and oxygen atoms in total. The van der Waals surface area contributed by atoms with E-state index in [2.05, 4.69) is 15.9 Å². The van der Waals surface area contributed by atoms with Crippen LogP contribution in [0.15, 0.2) is 16.6 Å². The number of ether oxygens (including phenoxy) is 1. The summed E-state index contributed by atoms with van der Waals surface area (Å²) in [5.74, 6) is 0.0128. The zero-order valence-corrected chi connectivity index (χ0v) is 13.1. The minimum Gasteiger partial charge on any atom is -0.398 e. The minimum absolute atomic E-state index is 0.0128. The second-order valence-electron chi connectivity index (χ2n) is 5.49. The third-order valence-corrected chi connectivity index (χ3v) is 3.99. The minimum atomic E-state index is -0.293. The first-order valence-electron chi connectivity index (χ1n) is 6.28. The van der Waals surface area contributed by atoms with Gasteiger partial charge in [-0.25, -0.2) is 0 Å². The van der Waals surface area contributed by atoms with Crippen LogP contribution >= 0.6 is 15.9 Å². The molecule has 0 aliphatic carbocycles. The van der Waals surface area contributed by atoms with Crippen LogP contribution in [-0.4, -0.2) is 36.1 Å². The van der Waals surface area contributed by atoms with Crippen molar-refractivity contribution < 1.29 is 9.53 Å². The number of rotatable bonds is 1. The van der Waals surface area contributed by atoms with Crippen molar-refractivity contribution in [2.75, 3.05) is 25.5 Å². The zero-order chi connectivity index (χ0) is 14.2. The Bertz CT molecular complexity index is 514. The van der Waals surface area contributed by atoms with E-state index in [9.17, 15) is 4.79 Å². The normalized spacial score (nSPS) is 18.4. The first-order valence-corrected chi connectivity index (χ1v) is 7.07. The van der Waals surface area contributed by atoms with Gasteiger partial charge in [0, 0.05) is 22.3 Å². The lowest BCUT2D eigenvalue weighted by molar-refractivity contribution is -0.0370. The molecule has 1 aromatic carbocycles. The monoisotopic (exact) mass is 326 g/mol. The Morgan fingerprint density at radius 3 is 2.79 bits per heavy atom. The molecule has 1 aliphatic heterocycles. The predicted octanol–water partition coefficient (Wildman–Crippen LogP) is 2.59. The summed E-state index contributed by atoms with van der Waals surface area (Å²) in [7, 11) is 0. The molecule has 1 heterocycles. The Hall–Kier alpha value is -1.07. The fourth-order valence-electron chi connectivity index (χ4n) is 2.30. The highest BCUT2D eigenvalue weighted by molar-refractivity contribution is 9.10. The third-order valence-electron chi connectivity index (χ3n) is 3.53. The lowest BCUT2D eigenvalue weighted by Crippen LogP contribution is -2.55. The summed E-state index contributed by atoms with van der Waals surface area (Å²) >= 11 is 3.39. The molecule has 0 aromatic heterocycles. The number of carbonyl (C=O) groups excluding carboxylic acids is 1. The van der Waals surface area contributed by atoms with Crippen LogP contribution < -0.4 is 5.73 Å². The lowest BCUT2D eigenvalue weighted by atomic mass is 9.99. The van der Waals surface area contributed by atoms with E-state index in [-0.39, 0.29) is 11.4 Å². The SMILES string of the molecule is Cc1c(N)cc(Br)cc1C(=O)N1CCOCC1(C)C. The summed E-state index contributed by atoms with van der Waals surface area (Å²) in [6.07, 6.45) is 0. The van der Waals surface area contributed by atoms with E-state index in [1.807, 2.05) is 37.8 Å². The Balaban J connectivity index is 2.39. The number of carbonyl (C=O) groups is 1. The Labute approximate surface area is 122 Å². The first-order chi connectivity index (χ1) is 8.83. The van der Waals surface area contributed by atoms with Crippen LogP contribution in [0.2, 0.25) is 0 Å². The molecule has 0 saturated carbocycles. The van der Waals surface area contributed by atoms with E-state index < -0.39 is 0 Å². The van der Waals surface area contributed by atoms with Gasteiger partial charge in [-0.1, -0.05) is 15.9 Å². The van der Waals surface area contributed by atoms with Gasteiger partial charge in [0.2, 0.25) is 0 Å². The van der Waals surface area contributed by atoms with Crippen LogP contribution in [-0.2, 0) is 4.74 Å². The maximum Gasteiger partial charge on any atom is 0.254 e. The molecule has 0 radical (unpaired) electrons. The van der Waals surface area contributed by atoms with Crippen molar-refractivity contribution in [2.24, 2.45) is 0 Å². The number of halogens is 1. The van der Waals surface area contributed by atoms with Crippen molar-refractivity contribution in [1.29, 1.82) is 0 Å². The smallest absolute Gasteiger partial charge is 0.254 e. The van der Waals surface area contributed by atoms with Crippen LogP contribution in [0.3, 0.4) is 0 Å². The molecule has 1 aliphatic rings. The van der Waals surface area contributed by atoms with Crippen molar-refractivity contribution in [1.82, 2.24) is 4.90 Å². The largest absolute Gasteiger partial charge is 0.398 e. The number of hydrogen-bond acceptors (Lipinski definition) is 3. The zero-order valence-electron chi connectivity index (χ0n) is 11.5. The van der Waals surface area contributed by atoms with Crippen LogP contribution in [0.25, 0.3) is 0 Å². The van der Waals surface area contributed by atoms with Crippen molar-refractivity contribution >= 4 is 27.5 Å². The molecular weight excluding hydrogens is 308 g/mol. The highest BCUT2D eigenvalue weighted by Crippen LogP contribution is 2.27. The van der Waals surface area contributed by atoms with Gasteiger partial charge >= 0.3 is 0 Å². The number of morpholine rings is 1. The lowest BCUT2D eigenvalue weighted by Gasteiger charge is -2.42. The highest BCUT2D eigenvalue weighted by Gasteiger charge is 2.35. The summed E-state index contributed by atoms with van der Waals surface area (Å²) in [4.78, 5) is 14.6. The number of amides is 1.